The highest BCUT2D eigenvalue weighted by atomic mass is 32.2. The standard InChI is InChI=1S/C20H28N4O3S/c1-5-24(14-16-6-10-18(11-7-16)23(3)4)15(2)20(25)22-17-8-12-19(13-9-17)28(21,26)27/h6-13,15H,5,14H2,1-4H3,(H,22,25)(H2,21,26,27)/p+1/t15-/m0/s1. The van der Waals surface area contributed by atoms with Crippen molar-refractivity contribution in [1.82, 2.24) is 0 Å². The van der Waals surface area contributed by atoms with Crippen LogP contribution in [-0.4, -0.2) is 41.0 Å². The van der Waals surface area contributed by atoms with Gasteiger partial charge in [0.15, 0.2) is 6.04 Å². The van der Waals surface area contributed by atoms with Gasteiger partial charge in [-0.3, -0.25) is 4.79 Å². The lowest BCUT2D eigenvalue weighted by Crippen LogP contribution is -3.15. The summed E-state index contributed by atoms with van der Waals surface area (Å²) in [6.45, 7) is 5.48. The van der Waals surface area contributed by atoms with E-state index in [1.165, 1.54) is 29.8 Å². The van der Waals surface area contributed by atoms with E-state index in [1.807, 2.05) is 32.8 Å². The highest BCUT2D eigenvalue weighted by molar-refractivity contribution is 7.89. The van der Waals surface area contributed by atoms with Gasteiger partial charge in [0.1, 0.15) is 6.54 Å². The van der Waals surface area contributed by atoms with Gasteiger partial charge in [-0.25, -0.2) is 13.6 Å². The second-order valence-electron chi connectivity index (χ2n) is 7.03. The van der Waals surface area contributed by atoms with Crippen molar-refractivity contribution in [1.29, 1.82) is 0 Å². The summed E-state index contributed by atoms with van der Waals surface area (Å²) in [7, 11) is 0.256. The quantitative estimate of drug-likeness (QED) is 0.606. The smallest absolute Gasteiger partial charge is 0.282 e. The van der Waals surface area contributed by atoms with Crippen molar-refractivity contribution in [2.75, 3.05) is 30.9 Å². The third-order valence-corrected chi connectivity index (χ3v) is 5.72. The number of rotatable bonds is 8. The molecule has 4 N–H and O–H groups in total. The third kappa shape index (κ3) is 5.79. The number of amides is 1. The molecule has 1 unspecified atom stereocenters. The number of likely N-dealkylation sites (N-methyl/N-ethyl adjacent to an activating group) is 1. The Bertz CT molecular complexity index is 894. The van der Waals surface area contributed by atoms with Gasteiger partial charge in [-0.1, -0.05) is 12.1 Å². The Morgan fingerprint density at radius 2 is 1.68 bits per heavy atom. The molecule has 0 aliphatic heterocycles. The minimum absolute atomic E-state index is 0.0144. The zero-order chi connectivity index (χ0) is 20.9. The maximum absolute atomic E-state index is 12.6. The van der Waals surface area contributed by atoms with Gasteiger partial charge in [-0.15, -0.1) is 0 Å². The number of carbonyl (C=O) groups is 1. The summed E-state index contributed by atoms with van der Waals surface area (Å²) in [6, 6.07) is 13.9. The number of primary sulfonamides is 1. The number of anilines is 2. The van der Waals surface area contributed by atoms with E-state index in [0.717, 1.165) is 23.7 Å². The molecule has 1 amide bonds. The predicted octanol–water partition coefficient (Wildman–Crippen LogP) is 0.832. The summed E-state index contributed by atoms with van der Waals surface area (Å²) in [5, 5.41) is 7.93. The van der Waals surface area contributed by atoms with Gasteiger partial charge >= 0.3 is 0 Å². The number of carbonyl (C=O) groups excluding carboxylic acids is 1. The number of nitrogens with one attached hydrogen (secondary N) is 2. The fourth-order valence-electron chi connectivity index (χ4n) is 2.92. The highest BCUT2D eigenvalue weighted by Gasteiger charge is 2.24. The van der Waals surface area contributed by atoms with Crippen molar-refractivity contribution < 1.29 is 18.1 Å². The largest absolute Gasteiger partial charge is 0.378 e. The Hall–Kier alpha value is -2.42. The van der Waals surface area contributed by atoms with E-state index in [0.29, 0.717) is 5.69 Å². The number of hydrogen-bond acceptors (Lipinski definition) is 4. The van der Waals surface area contributed by atoms with E-state index in [2.05, 4.69) is 29.6 Å². The van der Waals surface area contributed by atoms with E-state index in [1.54, 1.807) is 0 Å². The molecule has 2 atom stereocenters. The fourth-order valence-corrected chi connectivity index (χ4v) is 3.44. The molecule has 0 saturated carbocycles. The molecule has 0 aromatic heterocycles. The average Bonchev–Trinajstić information content (AvgIpc) is 2.65. The van der Waals surface area contributed by atoms with Crippen molar-refractivity contribution in [3.8, 4) is 0 Å². The van der Waals surface area contributed by atoms with Crippen LogP contribution in [0.3, 0.4) is 0 Å². The summed E-state index contributed by atoms with van der Waals surface area (Å²) in [4.78, 5) is 15.8. The predicted molar refractivity (Wildman–Crippen MR) is 112 cm³/mol. The summed E-state index contributed by atoms with van der Waals surface area (Å²) in [5.74, 6) is -0.120. The molecule has 0 heterocycles. The van der Waals surface area contributed by atoms with Crippen LogP contribution in [-0.2, 0) is 21.4 Å². The highest BCUT2D eigenvalue weighted by Crippen LogP contribution is 2.13. The van der Waals surface area contributed by atoms with Crippen molar-refractivity contribution in [2.24, 2.45) is 5.14 Å². The van der Waals surface area contributed by atoms with Crippen LogP contribution in [0.2, 0.25) is 0 Å². The Kier molecular flexibility index (Phi) is 7.17. The second kappa shape index (κ2) is 9.18. The molecule has 2 aromatic rings. The first kappa shape index (κ1) is 21.9. The molecule has 0 bridgehead atoms. The topological polar surface area (TPSA) is 96.9 Å². The van der Waals surface area contributed by atoms with E-state index in [-0.39, 0.29) is 16.8 Å². The van der Waals surface area contributed by atoms with Gasteiger partial charge in [-0.2, -0.15) is 0 Å². The first-order valence-corrected chi connectivity index (χ1v) is 10.7. The lowest BCUT2D eigenvalue weighted by atomic mass is 10.1. The van der Waals surface area contributed by atoms with Crippen molar-refractivity contribution in [3.05, 3.63) is 54.1 Å². The first-order valence-electron chi connectivity index (χ1n) is 9.16. The number of sulfonamides is 1. The molecule has 2 rings (SSSR count). The molecule has 0 aliphatic carbocycles. The Morgan fingerprint density at radius 1 is 1.11 bits per heavy atom. The summed E-state index contributed by atoms with van der Waals surface area (Å²) < 4.78 is 22.6. The molecule has 2 aromatic carbocycles. The van der Waals surface area contributed by atoms with E-state index in [9.17, 15) is 13.2 Å². The minimum atomic E-state index is -3.74. The van der Waals surface area contributed by atoms with Gasteiger partial charge in [-0.05, 0) is 50.2 Å². The third-order valence-electron chi connectivity index (χ3n) is 4.79. The number of nitrogens with two attached hydrogens (primary N) is 1. The van der Waals surface area contributed by atoms with Gasteiger partial charge in [0, 0.05) is 31.0 Å². The maximum atomic E-state index is 12.6. The van der Waals surface area contributed by atoms with Crippen molar-refractivity contribution in [3.63, 3.8) is 0 Å². The van der Waals surface area contributed by atoms with E-state index < -0.39 is 10.0 Å². The lowest BCUT2D eigenvalue weighted by Gasteiger charge is -2.24. The van der Waals surface area contributed by atoms with Crippen LogP contribution in [0, 0.1) is 0 Å². The molecule has 7 nitrogen and oxygen atoms in total. The molecular formula is C20H29N4O3S+. The van der Waals surface area contributed by atoms with Gasteiger partial charge in [0.2, 0.25) is 10.0 Å². The van der Waals surface area contributed by atoms with Crippen LogP contribution in [0.4, 0.5) is 11.4 Å². The lowest BCUT2D eigenvalue weighted by molar-refractivity contribution is -0.925. The second-order valence-corrected chi connectivity index (χ2v) is 8.59. The molecule has 8 heteroatoms. The first-order chi connectivity index (χ1) is 13.1. The summed E-state index contributed by atoms with van der Waals surface area (Å²) in [5.41, 5.74) is 2.84. The number of benzene rings is 2. The molecule has 0 aliphatic rings. The zero-order valence-corrected chi connectivity index (χ0v) is 17.6. The zero-order valence-electron chi connectivity index (χ0n) is 16.8. The molecule has 0 fully saturated rings. The fraction of sp³-hybridized carbons (Fsp3) is 0.350. The van der Waals surface area contributed by atoms with Crippen LogP contribution in [0.5, 0.6) is 0 Å². The van der Waals surface area contributed by atoms with Crippen molar-refractivity contribution in [2.45, 2.75) is 31.3 Å². The van der Waals surface area contributed by atoms with Crippen LogP contribution in [0.1, 0.15) is 19.4 Å². The van der Waals surface area contributed by atoms with Gasteiger partial charge < -0.3 is 15.1 Å². The Labute approximate surface area is 167 Å². The van der Waals surface area contributed by atoms with Crippen molar-refractivity contribution >= 4 is 27.3 Å². The Morgan fingerprint density at radius 3 is 2.14 bits per heavy atom. The van der Waals surface area contributed by atoms with Crippen LogP contribution in [0.25, 0.3) is 0 Å². The molecule has 0 saturated heterocycles. The molecule has 0 radical (unpaired) electrons. The summed E-state index contributed by atoms with van der Waals surface area (Å²) >= 11 is 0. The monoisotopic (exact) mass is 405 g/mol. The molecule has 0 spiro atoms. The number of nitrogens with zero attached hydrogens (tertiary/aromatic N) is 1. The summed E-state index contributed by atoms with van der Waals surface area (Å²) in [6.07, 6.45) is 0. The van der Waals surface area contributed by atoms with Gasteiger partial charge in [0.05, 0.1) is 11.4 Å². The minimum Gasteiger partial charge on any atom is -0.378 e. The normalized spacial score (nSPS) is 13.6. The van der Waals surface area contributed by atoms with E-state index in [4.69, 9.17) is 5.14 Å². The van der Waals surface area contributed by atoms with Crippen LogP contribution in [0.15, 0.2) is 53.4 Å². The average molecular weight is 406 g/mol. The molecule has 28 heavy (non-hydrogen) atoms. The SMILES string of the molecule is CC[NH+](Cc1ccc(N(C)C)cc1)[C@@H](C)C(=O)Nc1ccc(S(N)(=O)=O)cc1. The van der Waals surface area contributed by atoms with Gasteiger partial charge in [0.25, 0.3) is 5.91 Å². The maximum Gasteiger partial charge on any atom is 0.282 e. The van der Waals surface area contributed by atoms with E-state index >= 15 is 0 Å². The number of hydrogen-bond donors (Lipinski definition) is 3. The molecular weight excluding hydrogens is 376 g/mol. The van der Waals surface area contributed by atoms with Crippen LogP contribution < -0.4 is 20.3 Å². The Balaban J connectivity index is 2.03. The number of quaternary nitrogens is 1. The van der Waals surface area contributed by atoms with Crippen LogP contribution >= 0.6 is 0 Å². The molecule has 152 valence electrons.